The van der Waals surface area contributed by atoms with Crippen LogP contribution in [0.5, 0.6) is 5.75 Å². The first kappa shape index (κ1) is 14.9. The van der Waals surface area contributed by atoms with Crippen molar-refractivity contribution in [2.24, 2.45) is 17.8 Å². The number of methoxy groups -OCH3 is 1. The molecule has 3 fully saturated rings. The van der Waals surface area contributed by atoms with Gasteiger partial charge in [0.2, 0.25) is 5.91 Å². The van der Waals surface area contributed by atoms with Crippen molar-refractivity contribution in [3.63, 3.8) is 0 Å². The molecule has 3 aliphatic rings. The lowest BCUT2D eigenvalue weighted by atomic mass is 9.87. The number of hydrogen-bond donors (Lipinski definition) is 0. The monoisotopic (exact) mass is 314 g/mol. The molecule has 4 rings (SSSR count). The molecule has 4 heteroatoms. The highest BCUT2D eigenvalue weighted by molar-refractivity contribution is 5.80. The summed E-state index contributed by atoms with van der Waals surface area (Å²) < 4.78 is 5.21. The van der Waals surface area contributed by atoms with E-state index in [-0.39, 0.29) is 0 Å². The smallest absolute Gasteiger partial charge is 0.226 e. The van der Waals surface area contributed by atoms with E-state index in [0.29, 0.717) is 17.7 Å². The molecule has 1 aliphatic heterocycles. The Morgan fingerprint density at radius 3 is 2.35 bits per heavy atom. The summed E-state index contributed by atoms with van der Waals surface area (Å²) in [7, 11) is 1.69. The van der Waals surface area contributed by atoms with Crippen molar-refractivity contribution < 1.29 is 9.53 Å². The highest BCUT2D eigenvalue weighted by atomic mass is 16.5. The van der Waals surface area contributed by atoms with Gasteiger partial charge in [0.05, 0.1) is 7.11 Å². The summed E-state index contributed by atoms with van der Waals surface area (Å²) in [5, 5.41) is 0. The number of anilines is 1. The van der Waals surface area contributed by atoms with E-state index in [2.05, 4.69) is 21.9 Å². The zero-order chi connectivity index (χ0) is 15.8. The molecule has 2 aliphatic carbocycles. The maximum absolute atomic E-state index is 12.8. The van der Waals surface area contributed by atoms with Gasteiger partial charge in [0.15, 0.2) is 0 Å². The third-order valence-corrected chi connectivity index (χ3v) is 6.08. The highest BCUT2D eigenvalue weighted by Crippen LogP contribution is 2.48. The van der Waals surface area contributed by atoms with Crippen molar-refractivity contribution >= 4 is 11.6 Å². The fourth-order valence-corrected chi connectivity index (χ4v) is 4.76. The summed E-state index contributed by atoms with van der Waals surface area (Å²) in [4.78, 5) is 17.3. The number of amides is 1. The summed E-state index contributed by atoms with van der Waals surface area (Å²) in [5.41, 5.74) is 1.22. The summed E-state index contributed by atoms with van der Waals surface area (Å²) in [5.74, 6) is 3.19. The van der Waals surface area contributed by atoms with Crippen molar-refractivity contribution in [1.29, 1.82) is 0 Å². The first-order chi connectivity index (χ1) is 11.2. The van der Waals surface area contributed by atoms with Gasteiger partial charge in [-0.3, -0.25) is 4.79 Å². The van der Waals surface area contributed by atoms with Gasteiger partial charge in [-0.2, -0.15) is 0 Å². The quantitative estimate of drug-likeness (QED) is 0.860. The summed E-state index contributed by atoms with van der Waals surface area (Å²) in [6.45, 7) is 3.58. The number of rotatable bonds is 3. The molecule has 4 nitrogen and oxygen atoms in total. The van der Waals surface area contributed by atoms with E-state index in [1.165, 1.54) is 24.9 Å². The Morgan fingerprint density at radius 2 is 1.78 bits per heavy atom. The molecule has 23 heavy (non-hydrogen) atoms. The topological polar surface area (TPSA) is 32.8 Å². The molecule has 3 atom stereocenters. The Kier molecular flexibility index (Phi) is 3.92. The third kappa shape index (κ3) is 2.79. The van der Waals surface area contributed by atoms with Crippen LogP contribution < -0.4 is 9.64 Å². The van der Waals surface area contributed by atoms with Crippen LogP contribution in [-0.2, 0) is 4.79 Å². The maximum atomic E-state index is 12.8. The van der Waals surface area contributed by atoms with Gasteiger partial charge in [-0.25, -0.2) is 0 Å². The molecule has 2 saturated carbocycles. The zero-order valence-electron chi connectivity index (χ0n) is 13.9. The van der Waals surface area contributed by atoms with Crippen molar-refractivity contribution in [2.75, 3.05) is 38.2 Å². The van der Waals surface area contributed by atoms with Crippen LogP contribution in [-0.4, -0.2) is 44.1 Å². The second-order valence-electron chi connectivity index (χ2n) is 7.29. The van der Waals surface area contributed by atoms with Gasteiger partial charge >= 0.3 is 0 Å². The molecular weight excluding hydrogens is 288 g/mol. The minimum absolute atomic E-state index is 0.335. The Labute approximate surface area is 138 Å². The lowest BCUT2D eigenvalue weighted by Crippen LogP contribution is -2.51. The number of piperazine rings is 1. The number of nitrogens with zero attached hydrogens (tertiary/aromatic N) is 2. The van der Waals surface area contributed by atoms with Gasteiger partial charge in [-0.1, -0.05) is 6.42 Å². The predicted octanol–water partition coefficient (Wildman–Crippen LogP) is 2.78. The molecule has 0 spiro atoms. The first-order valence-corrected chi connectivity index (χ1v) is 8.92. The highest BCUT2D eigenvalue weighted by Gasteiger charge is 2.44. The molecule has 1 heterocycles. The van der Waals surface area contributed by atoms with Crippen molar-refractivity contribution in [1.82, 2.24) is 4.90 Å². The molecule has 1 aromatic rings. The minimum atomic E-state index is 0.335. The van der Waals surface area contributed by atoms with E-state index in [0.717, 1.165) is 44.3 Å². The van der Waals surface area contributed by atoms with Crippen LogP contribution >= 0.6 is 0 Å². The molecule has 3 unspecified atom stereocenters. The van der Waals surface area contributed by atoms with E-state index in [1.807, 2.05) is 12.1 Å². The summed E-state index contributed by atoms with van der Waals surface area (Å²) in [6.07, 6.45) is 5.11. The normalized spacial score (nSPS) is 29.9. The van der Waals surface area contributed by atoms with E-state index < -0.39 is 0 Å². The Bertz CT molecular complexity index is 563. The predicted molar refractivity (Wildman–Crippen MR) is 90.7 cm³/mol. The number of carbonyl (C=O) groups is 1. The van der Waals surface area contributed by atoms with Crippen LogP contribution in [0.15, 0.2) is 24.3 Å². The second-order valence-corrected chi connectivity index (χ2v) is 7.29. The molecule has 2 bridgehead atoms. The zero-order valence-corrected chi connectivity index (χ0v) is 13.9. The SMILES string of the molecule is COc1ccc(N2CCN(C(=O)C3CC4CCC3C4)CC2)cc1. The fraction of sp³-hybridized carbons (Fsp3) is 0.632. The average Bonchev–Trinajstić information content (AvgIpc) is 3.25. The largest absolute Gasteiger partial charge is 0.497 e. The van der Waals surface area contributed by atoms with Crippen LogP contribution in [0.2, 0.25) is 0 Å². The van der Waals surface area contributed by atoms with Gasteiger partial charge < -0.3 is 14.5 Å². The van der Waals surface area contributed by atoms with Crippen molar-refractivity contribution in [3.8, 4) is 5.75 Å². The summed E-state index contributed by atoms with van der Waals surface area (Å²) in [6, 6.07) is 8.21. The third-order valence-electron chi connectivity index (χ3n) is 6.08. The summed E-state index contributed by atoms with van der Waals surface area (Å²) >= 11 is 0. The van der Waals surface area contributed by atoms with E-state index in [9.17, 15) is 4.79 Å². The number of ether oxygens (including phenoxy) is 1. The van der Waals surface area contributed by atoms with Crippen molar-refractivity contribution in [3.05, 3.63) is 24.3 Å². The Hall–Kier alpha value is -1.71. The lowest BCUT2D eigenvalue weighted by Gasteiger charge is -2.38. The van der Waals surface area contributed by atoms with E-state index in [1.54, 1.807) is 7.11 Å². The molecule has 1 saturated heterocycles. The van der Waals surface area contributed by atoms with Gasteiger partial charge in [0, 0.05) is 37.8 Å². The van der Waals surface area contributed by atoms with Crippen molar-refractivity contribution in [2.45, 2.75) is 25.7 Å². The lowest BCUT2D eigenvalue weighted by molar-refractivity contribution is -0.137. The van der Waals surface area contributed by atoms with Crippen LogP contribution in [0, 0.1) is 17.8 Å². The maximum Gasteiger partial charge on any atom is 0.226 e. The molecule has 1 amide bonds. The van der Waals surface area contributed by atoms with Crippen LogP contribution in [0.1, 0.15) is 25.7 Å². The Balaban J connectivity index is 1.34. The van der Waals surface area contributed by atoms with Gasteiger partial charge in [-0.05, 0) is 55.4 Å². The van der Waals surface area contributed by atoms with Crippen LogP contribution in [0.3, 0.4) is 0 Å². The molecule has 0 radical (unpaired) electrons. The number of benzene rings is 1. The van der Waals surface area contributed by atoms with Gasteiger partial charge in [-0.15, -0.1) is 0 Å². The average molecular weight is 314 g/mol. The number of carbonyl (C=O) groups excluding carboxylic acids is 1. The molecule has 0 aromatic heterocycles. The Morgan fingerprint density at radius 1 is 1.04 bits per heavy atom. The van der Waals surface area contributed by atoms with E-state index in [4.69, 9.17) is 4.74 Å². The van der Waals surface area contributed by atoms with E-state index >= 15 is 0 Å². The van der Waals surface area contributed by atoms with Gasteiger partial charge in [0.1, 0.15) is 5.75 Å². The first-order valence-electron chi connectivity index (χ1n) is 8.92. The van der Waals surface area contributed by atoms with Crippen LogP contribution in [0.4, 0.5) is 5.69 Å². The molecule has 1 aromatic carbocycles. The second kappa shape index (κ2) is 6.06. The number of fused-ring (bicyclic) bond motifs is 2. The molecular formula is C19H26N2O2. The number of hydrogen-bond acceptors (Lipinski definition) is 3. The molecule has 124 valence electrons. The fourth-order valence-electron chi connectivity index (χ4n) is 4.76. The minimum Gasteiger partial charge on any atom is -0.497 e. The standard InChI is InChI=1S/C19H26N2O2/c1-23-17-6-4-16(5-7-17)20-8-10-21(11-9-20)19(22)18-13-14-2-3-15(18)12-14/h4-7,14-15,18H,2-3,8-13H2,1H3. The van der Waals surface area contributed by atoms with Gasteiger partial charge in [0.25, 0.3) is 0 Å². The van der Waals surface area contributed by atoms with Crippen LogP contribution in [0.25, 0.3) is 0 Å². The molecule has 0 N–H and O–H groups in total.